The summed E-state index contributed by atoms with van der Waals surface area (Å²) in [5.74, 6) is 0.549. The van der Waals surface area contributed by atoms with E-state index in [1.165, 1.54) is 12.8 Å². The van der Waals surface area contributed by atoms with Gasteiger partial charge in [0.05, 0.1) is 19.2 Å². The third-order valence-electron chi connectivity index (χ3n) is 7.91. The van der Waals surface area contributed by atoms with Crippen LogP contribution in [0.25, 0.3) is 10.9 Å². The predicted molar refractivity (Wildman–Crippen MR) is 138 cm³/mol. The zero-order chi connectivity index (χ0) is 24.6. The van der Waals surface area contributed by atoms with Gasteiger partial charge in [-0.3, -0.25) is 9.59 Å². The molecule has 1 N–H and O–H groups in total. The number of carbonyl (C=O) groups is 2. The van der Waals surface area contributed by atoms with Gasteiger partial charge in [-0.25, -0.2) is 0 Å². The number of hydrogen-bond donors (Lipinski definition) is 1. The summed E-state index contributed by atoms with van der Waals surface area (Å²) in [6.45, 7) is 4.76. The summed E-state index contributed by atoms with van der Waals surface area (Å²) in [6, 6.07) is 16.0. The number of aromatic nitrogens is 1. The topological polar surface area (TPSA) is 63.6 Å². The van der Waals surface area contributed by atoms with Crippen LogP contribution in [0.3, 0.4) is 0 Å². The number of fused-ring (bicyclic) bond motifs is 3. The third kappa shape index (κ3) is 4.30. The second-order valence-electron chi connectivity index (χ2n) is 10.3. The first kappa shape index (κ1) is 23.5. The molecule has 0 radical (unpaired) electrons. The lowest BCUT2D eigenvalue weighted by Crippen LogP contribution is -2.64. The molecule has 2 amide bonds. The van der Waals surface area contributed by atoms with Gasteiger partial charge >= 0.3 is 0 Å². The summed E-state index contributed by atoms with van der Waals surface area (Å²) in [5, 5.41) is 4.31. The maximum absolute atomic E-state index is 14.0. The molecular formula is C29H35N3O3. The number of amides is 2. The van der Waals surface area contributed by atoms with E-state index < -0.39 is 5.54 Å². The lowest BCUT2D eigenvalue weighted by atomic mass is 9.92. The normalized spacial score (nSPS) is 21.0. The Kier molecular flexibility index (Phi) is 6.30. The van der Waals surface area contributed by atoms with E-state index in [1.54, 1.807) is 12.0 Å². The van der Waals surface area contributed by atoms with Crippen LogP contribution >= 0.6 is 0 Å². The van der Waals surface area contributed by atoms with Crippen molar-refractivity contribution in [3.8, 4) is 5.75 Å². The molecule has 3 aromatic rings. The predicted octanol–water partition coefficient (Wildman–Crippen LogP) is 5.21. The molecule has 0 bridgehead atoms. The van der Waals surface area contributed by atoms with Crippen LogP contribution in [0.5, 0.6) is 5.75 Å². The highest BCUT2D eigenvalue weighted by molar-refractivity contribution is 6.03. The van der Waals surface area contributed by atoms with Crippen molar-refractivity contribution in [3.05, 3.63) is 65.4 Å². The monoisotopic (exact) mass is 473 g/mol. The SMILES string of the molecule is COc1ccc2cc3n(c2c1)C[C@](C)(C(=O)NC1CCCCCC1)N(Cc1ccccc1C)C3=O. The van der Waals surface area contributed by atoms with Crippen molar-refractivity contribution in [1.29, 1.82) is 0 Å². The summed E-state index contributed by atoms with van der Waals surface area (Å²) in [6.07, 6.45) is 6.73. The third-order valence-corrected chi connectivity index (χ3v) is 7.91. The Balaban J connectivity index is 1.56. The van der Waals surface area contributed by atoms with Gasteiger partial charge in [0.25, 0.3) is 5.91 Å². The van der Waals surface area contributed by atoms with Crippen LogP contribution in [0.15, 0.2) is 48.5 Å². The van der Waals surface area contributed by atoms with Crippen LogP contribution in [0.2, 0.25) is 0 Å². The van der Waals surface area contributed by atoms with Crippen molar-refractivity contribution >= 4 is 22.7 Å². The zero-order valence-electron chi connectivity index (χ0n) is 21.0. The Morgan fingerprint density at radius 1 is 1.09 bits per heavy atom. The molecule has 5 rings (SSSR count). The highest BCUT2D eigenvalue weighted by Gasteiger charge is 2.48. The highest BCUT2D eigenvalue weighted by Crippen LogP contribution is 2.35. The van der Waals surface area contributed by atoms with Gasteiger partial charge in [0.1, 0.15) is 17.0 Å². The summed E-state index contributed by atoms with van der Waals surface area (Å²) < 4.78 is 7.45. The van der Waals surface area contributed by atoms with Crippen molar-refractivity contribution in [2.75, 3.05) is 7.11 Å². The minimum atomic E-state index is -1.02. The number of rotatable bonds is 5. The van der Waals surface area contributed by atoms with E-state index in [2.05, 4.69) is 18.3 Å². The molecule has 35 heavy (non-hydrogen) atoms. The van der Waals surface area contributed by atoms with E-state index in [-0.39, 0.29) is 17.9 Å². The second kappa shape index (κ2) is 9.40. The molecule has 6 heteroatoms. The van der Waals surface area contributed by atoms with Crippen molar-refractivity contribution in [1.82, 2.24) is 14.8 Å². The standard InChI is InChI=1S/C29H35N3O3/c1-20-10-8-9-11-22(20)18-32-27(33)26-16-21-14-15-24(35-3)17-25(21)31(26)19-29(32,2)28(34)30-23-12-6-4-5-7-13-23/h8-11,14-17,23H,4-7,12-13,18-19H2,1-3H3,(H,30,34)/t29-/m1/s1. The van der Waals surface area contributed by atoms with Gasteiger partial charge in [0.15, 0.2) is 0 Å². The van der Waals surface area contributed by atoms with Crippen molar-refractivity contribution in [3.63, 3.8) is 0 Å². The molecule has 1 fully saturated rings. The van der Waals surface area contributed by atoms with Crippen LogP contribution < -0.4 is 10.1 Å². The van der Waals surface area contributed by atoms with E-state index >= 15 is 0 Å². The first-order valence-electron chi connectivity index (χ1n) is 12.8. The van der Waals surface area contributed by atoms with Crippen molar-refractivity contribution in [2.45, 2.75) is 77.0 Å². The molecule has 1 aliphatic heterocycles. The molecule has 0 spiro atoms. The van der Waals surface area contributed by atoms with Crippen LogP contribution in [-0.4, -0.2) is 40.0 Å². The second-order valence-corrected chi connectivity index (χ2v) is 10.3. The van der Waals surface area contributed by atoms with Gasteiger partial charge in [-0.05, 0) is 56.0 Å². The number of ether oxygens (including phenoxy) is 1. The molecule has 2 aliphatic rings. The van der Waals surface area contributed by atoms with Crippen LogP contribution in [0.1, 0.15) is 67.1 Å². The van der Waals surface area contributed by atoms with Gasteiger partial charge in [0, 0.05) is 24.0 Å². The Morgan fingerprint density at radius 2 is 1.83 bits per heavy atom. The fraction of sp³-hybridized carbons (Fsp3) is 0.448. The molecule has 184 valence electrons. The van der Waals surface area contributed by atoms with E-state index in [9.17, 15) is 9.59 Å². The van der Waals surface area contributed by atoms with Crippen LogP contribution in [0, 0.1) is 6.92 Å². The average Bonchev–Trinajstić information content (AvgIpc) is 3.01. The molecule has 1 aromatic heterocycles. The fourth-order valence-electron chi connectivity index (χ4n) is 5.63. The largest absolute Gasteiger partial charge is 0.497 e. The first-order chi connectivity index (χ1) is 16.9. The molecule has 1 saturated carbocycles. The number of aryl methyl sites for hydroxylation is 1. The number of benzene rings is 2. The molecule has 2 heterocycles. The summed E-state index contributed by atoms with van der Waals surface area (Å²) >= 11 is 0. The summed E-state index contributed by atoms with van der Waals surface area (Å²) in [5.41, 5.74) is 2.68. The van der Waals surface area contributed by atoms with Gasteiger partial charge < -0.3 is 19.5 Å². The molecule has 0 unspecified atom stereocenters. The lowest BCUT2D eigenvalue weighted by Gasteiger charge is -2.45. The summed E-state index contributed by atoms with van der Waals surface area (Å²) in [4.78, 5) is 29.8. The van der Waals surface area contributed by atoms with Gasteiger partial charge in [0.2, 0.25) is 5.91 Å². The van der Waals surface area contributed by atoms with E-state index in [0.29, 0.717) is 18.8 Å². The smallest absolute Gasteiger partial charge is 0.271 e. The minimum Gasteiger partial charge on any atom is -0.497 e. The quantitative estimate of drug-likeness (QED) is 0.517. The Bertz CT molecular complexity index is 1260. The van der Waals surface area contributed by atoms with E-state index in [4.69, 9.17) is 4.74 Å². The molecule has 2 aromatic carbocycles. The van der Waals surface area contributed by atoms with Gasteiger partial charge in [-0.1, -0.05) is 49.9 Å². The Hall–Kier alpha value is -3.28. The fourth-order valence-corrected chi connectivity index (χ4v) is 5.63. The number of carbonyl (C=O) groups excluding carboxylic acids is 2. The summed E-state index contributed by atoms with van der Waals surface area (Å²) in [7, 11) is 1.64. The van der Waals surface area contributed by atoms with Crippen molar-refractivity contribution in [2.24, 2.45) is 0 Å². The lowest BCUT2D eigenvalue weighted by molar-refractivity contribution is -0.134. The van der Waals surface area contributed by atoms with E-state index in [0.717, 1.165) is 53.5 Å². The first-order valence-corrected chi connectivity index (χ1v) is 12.8. The van der Waals surface area contributed by atoms with Crippen molar-refractivity contribution < 1.29 is 14.3 Å². The van der Waals surface area contributed by atoms with E-state index in [1.807, 2.05) is 54.0 Å². The highest BCUT2D eigenvalue weighted by atomic mass is 16.5. The maximum Gasteiger partial charge on any atom is 0.271 e. The van der Waals surface area contributed by atoms with Gasteiger partial charge in [-0.2, -0.15) is 0 Å². The molecule has 1 aliphatic carbocycles. The molecule has 1 atom stereocenters. The number of nitrogens with one attached hydrogen (secondary N) is 1. The zero-order valence-corrected chi connectivity index (χ0v) is 21.0. The number of hydrogen-bond acceptors (Lipinski definition) is 3. The van der Waals surface area contributed by atoms with Crippen LogP contribution in [-0.2, 0) is 17.9 Å². The van der Waals surface area contributed by atoms with Crippen LogP contribution in [0.4, 0.5) is 0 Å². The minimum absolute atomic E-state index is 0.0678. The number of methoxy groups -OCH3 is 1. The molecular weight excluding hydrogens is 438 g/mol. The molecule has 6 nitrogen and oxygen atoms in total. The Morgan fingerprint density at radius 3 is 2.54 bits per heavy atom. The average molecular weight is 474 g/mol. The number of nitrogens with zero attached hydrogens (tertiary/aromatic N) is 2. The molecule has 0 saturated heterocycles. The maximum atomic E-state index is 14.0. The Labute approximate surface area is 207 Å². The van der Waals surface area contributed by atoms with Gasteiger partial charge in [-0.15, -0.1) is 0 Å².